The summed E-state index contributed by atoms with van der Waals surface area (Å²) >= 11 is 0. The molecule has 1 aliphatic heterocycles. The van der Waals surface area contributed by atoms with Gasteiger partial charge in [-0.15, -0.1) is 0 Å². The van der Waals surface area contributed by atoms with Crippen LogP contribution in [-0.2, 0) is 9.63 Å². The highest BCUT2D eigenvalue weighted by atomic mass is 16.7. The van der Waals surface area contributed by atoms with Crippen LogP contribution in [0.5, 0.6) is 0 Å². The van der Waals surface area contributed by atoms with Gasteiger partial charge in [0.25, 0.3) is 0 Å². The molecule has 2 aromatic carbocycles. The smallest absolute Gasteiger partial charge is 0.141 e. The number of rotatable bonds is 2. The Morgan fingerprint density at radius 2 is 1.64 bits per heavy atom. The van der Waals surface area contributed by atoms with Crippen molar-refractivity contribution in [2.45, 2.75) is 31.4 Å². The lowest BCUT2D eigenvalue weighted by Gasteiger charge is -2.27. The number of carbonyl (C=O) groups excluding carboxylic acids is 1. The second-order valence-electron chi connectivity index (χ2n) is 6.05. The minimum absolute atomic E-state index is 0.00617. The second-order valence-corrected chi connectivity index (χ2v) is 6.05. The van der Waals surface area contributed by atoms with Crippen LogP contribution < -0.4 is 5.06 Å². The molecule has 0 unspecified atom stereocenters. The Balaban J connectivity index is 1.78. The van der Waals surface area contributed by atoms with E-state index in [2.05, 4.69) is 12.1 Å². The quantitative estimate of drug-likeness (QED) is 0.840. The van der Waals surface area contributed by atoms with E-state index in [1.165, 1.54) is 0 Å². The van der Waals surface area contributed by atoms with Crippen LogP contribution in [0.2, 0.25) is 0 Å². The topological polar surface area (TPSA) is 29.5 Å². The Morgan fingerprint density at radius 1 is 0.955 bits per heavy atom. The van der Waals surface area contributed by atoms with E-state index in [9.17, 15) is 4.79 Å². The van der Waals surface area contributed by atoms with Crippen molar-refractivity contribution in [3.63, 3.8) is 0 Å². The van der Waals surface area contributed by atoms with Gasteiger partial charge in [0.2, 0.25) is 0 Å². The number of ketones is 1. The van der Waals surface area contributed by atoms with Crippen molar-refractivity contribution in [3.8, 4) is 0 Å². The van der Waals surface area contributed by atoms with Gasteiger partial charge >= 0.3 is 0 Å². The predicted molar refractivity (Wildman–Crippen MR) is 85.3 cm³/mol. The van der Waals surface area contributed by atoms with Gasteiger partial charge < -0.3 is 0 Å². The molecule has 4 rings (SSSR count). The van der Waals surface area contributed by atoms with Gasteiger partial charge in [0, 0.05) is 6.42 Å². The van der Waals surface area contributed by atoms with E-state index in [1.807, 2.05) is 53.6 Å². The summed E-state index contributed by atoms with van der Waals surface area (Å²) in [4.78, 5) is 18.7. The molecule has 3 nitrogen and oxygen atoms in total. The highest BCUT2D eigenvalue weighted by molar-refractivity contribution is 5.84. The molecule has 0 bridgehead atoms. The largest absolute Gasteiger partial charge is 0.299 e. The summed E-state index contributed by atoms with van der Waals surface area (Å²) in [5.41, 5.74) is 2.16. The summed E-state index contributed by atoms with van der Waals surface area (Å²) in [5, 5.41) is 1.95. The lowest BCUT2D eigenvalue weighted by Crippen LogP contribution is -2.32. The average molecular weight is 293 g/mol. The number of nitrogens with zero attached hydrogens (tertiary/aromatic N) is 1. The van der Waals surface area contributed by atoms with Crippen LogP contribution in [0.1, 0.15) is 30.9 Å². The van der Waals surface area contributed by atoms with Crippen molar-refractivity contribution in [3.05, 3.63) is 66.2 Å². The summed E-state index contributed by atoms with van der Waals surface area (Å²) in [5.74, 6) is 0.278. The van der Waals surface area contributed by atoms with E-state index in [1.54, 1.807) is 0 Å². The first kappa shape index (κ1) is 13.5. The first-order chi connectivity index (χ1) is 10.8. The van der Waals surface area contributed by atoms with Crippen LogP contribution in [0.25, 0.3) is 0 Å². The number of carbonyl (C=O) groups is 1. The number of anilines is 1. The van der Waals surface area contributed by atoms with Gasteiger partial charge in [0.05, 0.1) is 23.8 Å². The summed E-state index contributed by atoms with van der Waals surface area (Å²) in [6.07, 6.45) is 2.58. The van der Waals surface area contributed by atoms with E-state index in [4.69, 9.17) is 4.84 Å². The lowest BCUT2D eigenvalue weighted by atomic mass is 9.79. The molecule has 2 aliphatic rings. The van der Waals surface area contributed by atoms with Gasteiger partial charge in [-0.3, -0.25) is 9.63 Å². The van der Waals surface area contributed by atoms with E-state index in [-0.39, 0.29) is 18.1 Å². The summed E-state index contributed by atoms with van der Waals surface area (Å²) in [6, 6.07) is 20.3. The Labute approximate surface area is 130 Å². The zero-order valence-corrected chi connectivity index (χ0v) is 12.4. The Bertz CT molecular complexity index is 656. The third kappa shape index (κ3) is 2.22. The molecule has 1 saturated carbocycles. The zero-order valence-electron chi connectivity index (χ0n) is 12.4. The molecule has 0 N–H and O–H groups in total. The van der Waals surface area contributed by atoms with Gasteiger partial charge in [-0.1, -0.05) is 48.5 Å². The SMILES string of the molecule is O=C1CCC[C@H]2ON(c3ccccc3)[C@H](c3ccccc3)[C@@H]12. The van der Waals surface area contributed by atoms with Crippen LogP contribution in [0.4, 0.5) is 5.69 Å². The molecule has 1 saturated heterocycles. The van der Waals surface area contributed by atoms with Crippen LogP contribution in [-0.4, -0.2) is 11.9 Å². The fraction of sp³-hybridized carbons (Fsp3) is 0.316. The monoisotopic (exact) mass is 293 g/mol. The predicted octanol–water partition coefficient (Wildman–Crippen LogP) is 3.92. The molecule has 2 fully saturated rings. The number of para-hydroxylation sites is 1. The fourth-order valence-corrected chi connectivity index (χ4v) is 3.68. The van der Waals surface area contributed by atoms with Crippen LogP contribution in [0, 0.1) is 5.92 Å². The maximum atomic E-state index is 12.5. The van der Waals surface area contributed by atoms with Gasteiger partial charge in [0.1, 0.15) is 5.78 Å². The Hall–Kier alpha value is -2.13. The standard InChI is InChI=1S/C19H19NO2/c21-16-12-7-13-17-18(16)19(14-8-3-1-4-9-14)20(22-17)15-10-5-2-6-11-15/h1-6,8-11,17-19H,7,12-13H2/t17-,18+,19-/m1/s1. The summed E-state index contributed by atoms with van der Waals surface area (Å²) < 4.78 is 0. The Morgan fingerprint density at radius 3 is 2.36 bits per heavy atom. The van der Waals surface area contributed by atoms with Crippen LogP contribution in [0.15, 0.2) is 60.7 Å². The number of Topliss-reactive ketones (excluding diaryl/α,β-unsaturated/α-hetero) is 1. The van der Waals surface area contributed by atoms with Crippen molar-refractivity contribution in [2.24, 2.45) is 5.92 Å². The molecule has 2 aromatic rings. The van der Waals surface area contributed by atoms with Gasteiger partial charge in [-0.05, 0) is 30.5 Å². The summed E-state index contributed by atoms with van der Waals surface area (Å²) in [6.45, 7) is 0. The highest BCUT2D eigenvalue weighted by Gasteiger charge is 2.49. The lowest BCUT2D eigenvalue weighted by molar-refractivity contribution is -0.127. The van der Waals surface area contributed by atoms with Crippen LogP contribution in [0.3, 0.4) is 0 Å². The third-order valence-corrected chi connectivity index (χ3v) is 4.68. The van der Waals surface area contributed by atoms with E-state index < -0.39 is 0 Å². The summed E-state index contributed by atoms with van der Waals surface area (Å²) in [7, 11) is 0. The van der Waals surface area contributed by atoms with Crippen LogP contribution >= 0.6 is 0 Å². The van der Waals surface area contributed by atoms with Crippen molar-refractivity contribution < 1.29 is 9.63 Å². The molecule has 0 spiro atoms. The fourth-order valence-electron chi connectivity index (χ4n) is 3.68. The molecule has 0 amide bonds. The van der Waals surface area contributed by atoms with Gasteiger partial charge in [-0.25, -0.2) is 5.06 Å². The van der Waals surface area contributed by atoms with Crippen molar-refractivity contribution in [2.75, 3.05) is 5.06 Å². The molecule has 0 aromatic heterocycles. The zero-order chi connectivity index (χ0) is 14.9. The van der Waals surface area contributed by atoms with Crippen molar-refractivity contribution in [1.29, 1.82) is 0 Å². The maximum Gasteiger partial charge on any atom is 0.141 e. The molecule has 1 aliphatic carbocycles. The maximum absolute atomic E-state index is 12.5. The minimum Gasteiger partial charge on any atom is -0.299 e. The molecule has 22 heavy (non-hydrogen) atoms. The first-order valence-electron chi connectivity index (χ1n) is 7.93. The number of hydroxylamine groups is 1. The Kier molecular flexibility index (Phi) is 3.43. The van der Waals surface area contributed by atoms with E-state index >= 15 is 0 Å². The van der Waals surface area contributed by atoms with Gasteiger partial charge in [-0.2, -0.15) is 0 Å². The van der Waals surface area contributed by atoms with Crippen molar-refractivity contribution >= 4 is 11.5 Å². The van der Waals surface area contributed by atoms with Gasteiger partial charge in [0.15, 0.2) is 0 Å². The van der Waals surface area contributed by atoms with Crippen molar-refractivity contribution in [1.82, 2.24) is 0 Å². The second kappa shape index (κ2) is 5.58. The average Bonchev–Trinajstić information content (AvgIpc) is 2.97. The number of fused-ring (bicyclic) bond motifs is 1. The minimum atomic E-state index is -0.0589. The first-order valence-corrected chi connectivity index (χ1v) is 7.93. The molecular weight excluding hydrogens is 274 g/mol. The van der Waals surface area contributed by atoms with E-state index in [0.29, 0.717) is 12.2 Å². The molecule has 112 valence electrons. The third-order valence-electron chi connectivity index (χ3n) is 4.68. The molecule has 3 atom stereocenters. The van der Waals surface area contributed by atoms with E-state index in [0.717, 1.165) is 24.1 Å². The molecule has 3 heteroatoms. The number of hydrogen-bond donors (Lipinski definition) is 0. The number of hydrogen-bond acceptors (Lipinski definition) is 3. The normalized spacial score (nSPS) is 27.7. The highest BCUT2D eigenvalue weighted by Crippen LogP contribution is 2.46. The molecule has 1 heterocycles. The number of benzene rings is 2. The molecule has 0 radical (unpaired) electrons. The molecular formula is C19H19NO2.